The number of carbonyl (C=O) groups excluding carboxylic acids is 1. The largest absolute Gasteiger partial charge is 0.479 e. The Balaban J connectivity index is 1.54. The normalized spacial score (nSPS) is 13.8. The van der Waals surface area contributed by atoms with Gasteiger partial charge in [-0.05, 0) is 51.2 Å². The first-order chi connectivity index (χ1) is 19.8. The molecule has 1 aromatic carbocycles. The number of methoxy groups -OCH3 is 1. The van der Waals surface area contributed by atoms with Gasteiger partial charge in [-0.25, -0.2) is 14.6 Å². The molecule has 2 N–H and O–H groups in total. The topological polar surface area (TPSA) is 130 Å². The smallest absolute Gasteiger partial charge is 0.278 e. The summed E-state index contributed by atoms with van der Waals surface area (Å²) >= 11 is 0. The molecule has 1 fully saturated rings. The second-order valence-electron chi connectivity index (χ2n) is 10.1. The summed E-state index contributed by atoms with van der Waals surface area (Å²) in [5.74, 6) is 1.17. The Morgan fingerprint density at radius 2 is 1.90 bits per heavy atom. The average Bonchev–Trinajstić information content (AvgIpc) is 2.98. The monoisotopic (exact) mass is 555 g/mol. The molecule has 41 heavy (non-hydrogen) atoms. The molecule has 0 spiro atoms. The van der Waals surface area contributed by atoms with Crippen molar-refractivity contribution in [3.63, 3.8) is 0 Å². The number of pyridine rings is 1. The van der Waals surface area contributed by atoms with Gasteiger partial charge in [-0.2, -0.15) is 10.1 Å². The molecule has 1 saturated heterocycles. The van der Waals surface area contributed by atoms with Gasteiger partial charge >= 0.3 is 0 Å². The maximum Gasteiger partial charge on any atom is 0.278 e. The lowest BCUT2D eigenvalue weighted by atomic mass is 10.1. The molecule has 0 aliphatic carbocycles. The van der Waals surface area contributed by atoms with Crippen molar-refractivity contribution >= 4 is 40.0 Å². The van der Waals surface area contributed by atoms with Crippen molar-refractivity contribution in [2.75, 3.05) is 55.9 Å². The number of rotatable bonds is 8. The van der Waals surface area contributed by atoms with Crippen LogP contribution in [0.1, 0.15) is 19.9 Å². The van der Waals surface area contributed by atoms with Crippen molar-refractivity contribution in [2.45, 2.75) is 19.9 Å². The van der Waals surface area contributed by atoms with Crippen LogP contribution in [0.4, 0.5) is 23.1 Å². The number of aromatic nitrogens is 5. The van der Waals surface area contributed by atoms with E-state index in [4.69, 9.17) is 14.7 Å². The van der Waals surface area contributed by atoms with E-state index in [9.17, 15) is 9.59 Å². The summed E-state index contributed by atoms with van der Waals surface area (Å²) in [5, 5.41) is 10.9. The quantitative estimate of drug-likeness (QED) is 0.312. The molecule has 12 nitrogen and oxygen atoms in total. The van der Waals surface area contributed by atoms with E-state index in [1.54, 1.807) is 25.3 Å². The maximum absolute atomic E-state index is 13.3. The summed E-state index contributed by atoms with van der Waals surface area (Å²) in [7, 11) is 3.68. The predicted molar refractivity (Wildman–Crippen MR) is 160 cm³/mol. The zero-order chi connectivity index (χ0) is 29.1. The minimum Gasteiger partial charge on any atom is -0.479 e. The summed E-state index contributed by atoms with van der Waals surface area (Å²) in [6.07, 6.45) is 2.70. The standard InChI is InChI=1S/C29H33N9O3/c1-6-24(39)31-20-9-7-8-19(16-20)25-26-21(28(40)38(35-25)18(2)3)17-30-29(34-26)32-22-10-11-23(33-27(22)41-5)37-14-12-36(4)13-15-37/h6-11,16-18H,1,12-15H2,2-5H3,(H,31,39)(H,30,32,34). The van der Waals surface area contributed by atoms with Crippen molar-refractivity contribution < 1.29 is 9.53 Å². The van der Waals surface area contributed by atoms with Gasteiger partial charge in [0.15, 0.2) is 0 Å². The zero-order valence-electron chi connectivity index (χ0n) is 23.6. The van der Waals surface area contributed by atoms with E-state index in [-0.39, 0.29) is 23.5 Å². The minimum absolute atomic E-state index is 0.193. The number of hydrogen-bond donors (Lipinski definition) is 2. The summed E-state index contributed by atoms with van der Waals surface area (Å²) in [4.78, 5) is 43.5. The number of ether oxygens (including phenoxy) is 1. The van der Waals surface area contributed by atoms with Crippen molar-refractivity contribution in [3.8, 4) is 17.1 Å². The molecule has 4 heterocycles. The first-order valence-corrected chi connectivity index (χ1v) is 13.4. The van der Waals surface area contributed by atoms with Crippen molar-refractivity contribution in [3.05, 3.63) is 65.6 Å². The van der Waals surface area contributed by atoms with E-state index >= 15 is 0 Å². The maximum atomic E-state index is 13.3. The molecule has 1 amide bonds. The number of piperazine rings is 1. The molecular formula is C29H33N9O3. The Morgan fingerprint density at radius 1 is 1.12 bits per heavy atom. The van der Waals surface area contributed by atoms with E-state index < -0.39 is 0 Å². The lowest BCUT2D eigenvalue weighted by molar-refractivity contribution is -0.111. The lowest BCUT2D eigenvalue weighted by Crippen LogP contribution is -2.44. The van der Waals surface area contributed by atoms with E-state index in [0.29, 0.717) is 39.4 Å². The summed E-state index contributed by atoms with van der Waals surface area (Å²) in [6.45, 7) is 11.0. The second kappa shape index (κ2) is 11.7. The number of benzene rings is 1. The molecule has 12 heteroatoms. The van der Waals surface area contributed by atoms with Crippen LogP contribution in [-0.2, 0) is 4.79 Å². The van der Waals surface area contributed by atoms with Crippen molar-refractivity contribution in [1.29, 1.82) is 0 Å². The fourth-order valence-electron chi connectivity index (χ4n) is 4.60. The van der Waals surface area contributed by atoms with Crippen LogP contribution in [0.15, 0.2) is 60.0 Å². The van der Waals surface area contributed by atoms with Gasteiger partial charge in [0.2, 0.25) is 17.7 Å². The van der Waals surface area contributed by atoms with E-state index in [1.807, 2.05) is 32.0 Å². The van der Waals surface area contributed by atoms with Crippen LogP contribution < -0.4 is 25.8 Å². The third-order valence-corrected chi connectivity index (χ3v) is 6.85. The van der Waals surface area contributed by atoms with Gasteiger partial charge in [0.1, 0.15) is 22.7 Å². The molecule has 5 rings (SSSR count). The van der Waals surface area contributed by atoms with Gasteiger partial charge in [-0.15, -0.1) is 0 Å². The van der Waals surface area contributed by atoms with Crippen LogP contribution in [-0.4, -0.2) is 75.9 Å². The van der Waals surface area contributed by atoms with Crippen LogP contribution in [0.5, 0.6) is 5.88 Å². The van der Waals surface area contributed by atoms with Gasteiger partial charge in [-0.3, -0.25) is 9.59 Å². The van der Waals surface area contributed by atoms with Crippen molar-refractivity contribution in [2.24, 2.45) is 0 Å². The number of fused-ring (bicyclic) bond motifs is 1. The number of hydrogen-bond acceptors (Lipinski definition) is 10. The molecule has 0 bridgehead atoms. The Labute approximate surface area is 237 Å². The van der Waals surface area contributed by atoms with Crippen molar-refractivity contribution in [1.82, 2.24) is 29.6 Å². The SMILES string of the molecule is C=CC(=O)Nc1cccc(-c2nn(C(C)C)c(=O)c3cnc(Nc4ccc(N5CCN(C)CC5)nc4OC)nc23)c1. The molecular weight excluding hydrogens is 522 g/mol. The van der Waals surface area contributed by atoms with Crippen LogP contribution in [0.25, 0.3) is 22.2 Å². The summed E-state index contributed by atoms with van der Waals surface area (Å²) in [6, 6.07) is 10.8. The fraction of sp³-hybridized carbons (Fsp3) is 0.310. The molecule has 1 aliphatic rings. The minimum atomic E-state index is -0.331. The highest BCUT2D eigenvalue weighted by atomic mass is 16.5. The lowest BCUT2D eigenvalue weighted by Gasteiger charge is -2.33. The number of carbonyl (C=O) groups is 1. The number of nitrogens with zero attached hydrogens (tertiary/aromatic N) is 7. The van der Waals surface area contributed by atoms with Gasteiger partial charge < -0.3 is 25.2 Å². The third-order valence-electron chi connectivity index (χ3n) is 6.85. The van der Waals surface area contributed by atoms with Crippen LogP contribution >= 0.6 is 0 Å². The number of anilines is 4. The molecule has 0 saturated carbocycles. The highest BCUT2D eigenvalue weighted by molar-refractivity contribution is 5.99. The molecule has 0 radical (unpaired) electrons. The molecule has 212 valence electrons. The first-order valence-electron chi connectivity index (χ1n) is 13.4. The predicted octanol–water partition coefficient (Wildman–Crippen LogP) is 3.46. The molecule has 0 unspecified atom stereocenters. The summed E-state index contributed by atoms with van der Waals surface area (Å²) in [5.41, 5.74) is 2.38. The van der Waals surface area contributed by atoms with Crippen LogP contribution in [0.3, 0.4) is 0 Å². The van der Waals surface area contributed by atoms with E-state index in [0.717, 1.165) is 32.0 Å². The molecule has 4 aromatic rings. The molecule has 0 atom stereocenters. The van der Waals surface area contributed by atoms with Crippen LogP contribution in [0, 0.1) is 0 Å². The average molecular weight is 556 g/mol. The Morgan fingerprint density at radius 3 is 2.61 bits per heavy atom. The molecule has 1 aliphatic heterocycles. The Kier molecular flexibility index (Phi) is 7.92. The van der Waals surface area contributed by atoms with Gasteiger partial charge in [-0.1, -0.05) is 18.7 Å². The van der Waals surface area contributed by atoms with Gasteiger partial charge in [0.05, 0.1) is 18.5 Å². The number of amides is 1. The highest BCUT2D eigenvalue weighted by Crippen LogP contribution is 2.30. The summed E-state index contributed by atoms with van der Waals surface area (Å²) < 4.78 is 7.00. The van der Waals surface area contributed by atoms with Gasteiger partial charge in [0.25, 0.3) is 5.56 Å². The van der Waals surface area contributed by atoms with E-state index in [1.165, 1.54) is 17.0 Å². The Hall–Kier alpha value is -4.84. The molecule has 3 aromatic heterocycles. The van der Waals surface area contributed by atoms with Crippen LogP contribution in [0.2, 0.25) is 0 Å². The second-order valence-corrected chi connectivity index (χ2v) is 10.1. The number of nitrogens with one attached hydrogen (secondary N) is 2. The third kappa shape index (κ3) is 5.87. The van der Waals surface area contributed by atoms with Gasteiger partial charge in [0, 0.05) is 43.6 Å². The fourth-order valence-corrected chi connectivity index (χ4v) is 4.60. The number of likely N-dealkylation sites (N-methyl/N-ethyl adjacent to an activating group) is 1. The highest BCUT2D eigenvalue weighted by Gasteiger charge is 2.20. The van der Waals surface area contributed by atoms with E-state index in [2.05, 4.69) is 44.1 Å². The zero-order valence-corrected chi connectivity index (χ0v) is 23.6. The Bertz CT molecular complexity index is 1660. The first kappa shape index (κ1) is 27.7.